The number of carbonyl (C=O) groups excluding carboxylic acids is 1. The molecule has 1 aliphatic rings. The van der Waals surface area contributed by atoms with Crippen LogP contribution in [-0.2, 0) is 17.7 Å². The summed E-state index contributed by atoms with van der Waals surface area (Å²) in [4.78, 5) is 18.2. The van der Waals surface area contributed by atoms with Crippen LogP contribution in [0, 0.1) is 0 Å². The predicted molar refractivity (Wildman–Crippen MR) is 59.8 cm³/mol. The number of esters is 1. The van der Waals surface area contributed by atoms with E-state index >= 15 is 0 Å². The summed E-state index contributed by atoms with van der Waals surface area (Å²) in [6.45, 7) is 1.66. The Morgan fingerprint density at radius 2 is 2.20 bits per heavy atom. The van der Waals surface area contributed by atoms with Crippen molar-refractivity contribution in [2.24, 2.45) is 0 Å². The molecule has 0 saturated carbocycles. The van der Waals surface area contributed by atoms with Gasteiger partial charge in [-0.1, -0.05) is 0 Å². The van der Waals surface area contributed by atoms with Gasteiger partial charge < -0.3 is 15.0 Å². The van der Waals surface area contributed by atoms with Crippen LogP contribution < -0.4 is 5.32 Å². The number of hydrogen-bond acceptors (Lipinski definition) is 4. The van der Waals surface area contributed by atoms with Crippen LogP contribution in [0.1, 0.15) is 22.0 Å². The van der Waals surface area contributed by atoms with E-state index < -0.39 is 5.97 Å². The zero-order valence-corrected chi connectivity index (χ0v) is 9.83. The van der Waals surface area contributed by atoms with Gasteiger partial charge >= 0.3 is 5.97 Å². The minimum Gasteiger partial charge on any atom is -0.463 e. The minimum absolute atomic E-state index is 0. The van der Waals surface area contributed by atoms with Gasteiger partial charge in [0.15, 0.2) is 0 Å². The lowest BCUT2D eigenvalue weighted by Gasteiger charge is -2.09. The average molecular weight is 254 g/mol. The van der Waals surface area contributed by atoms with Crippen molar-refractivity contribution in [3.8, 4) is 0 Å². The molecule has 2 rings (SSSR count). The molecule has 0 aliphatic carbocycles. The van der Waals surface area contributed by atoms with Crippen molar-refractivity contribution in [3.05, 3.63) is 17.2 Å². The molecule has 1 aliphatic heterocycles. The van der Waals surface area contributed by atoms with E-state index in [2.05, 4.69) is 20.0 Å². The van der Waals surface area contributed by atoms with Crippen LogP contribution >= 0.6 is 24.8 Å². The van der Waals surface area contributed by atoms with Crippen LogP contribution in [0.5, 0.6) is 0 Å². The third-order valence-electron chi connectivity index (χ3n) is 2.08. The first kappa shape index (κ1) is 14.2. The molecule has 2 N–H and O–H groups in total. The Hall–Kier alpha value is -0.780. The molecule has 0 radical (unpaired) electrons. The molecule has 5 nitrogen and oxygen atoms in total. The topological polar surface area (TPSA) is 67.0 Å². The molecule has 15 heavy (non-hydrogen) atoms. The molecule has 86 valence electrons. The standard InChI is InChI=1S/C8H11N3O2.2ClH/c1-13-8(12)7-10-5-2-3-9-4-6(5)11-7;;/h9H,2-4H2,1H3,(H,10,11);2*1H. The SMILES string of the molecule is COC(=O)c1nc2c([nH]1)CNCC2.Cl.Cl. The van der Waals surface area contributed by atoms with Gasteiger partial charge in [0, 0.05) is 19.5 Å². The highest BCUT2D eigenvalue weighted by atomic mass is 35.5. The molecule has 0 fully saturated rings. The van der Waals surface area contributed by atoms with Crippen molar-refractivity contribution < 1.29 is 9.53 Å². The van der Waals surface area contributed by atoms with E-state index in [9.17, 15) is 4.79 Å². The number of ether oxygens (including phenoxy) is 1. The lowest BCUT2D eigenvalue weighted by Crippen LogP contribution is -2.23. The van der Waals surface area contributed by atoms with Crippen molar-refractivity contribution in [3.63, 3.8) is 0 Å². The predicted octanol–water partition coefficient (Wildman–Crippen LogP) is 0.686. The van der Waals surface area contributed by atoms with E-state index in [-0.39, 0.29) is 24.8 Å². The Balaban J connectivity index is 0.000000980. The monoisotopic (exact) mass is 253 g/mol. The number of methoxy groups -OCH3 is 1. The van der Waals surface area contributed by atoms with Crippen LogP contribution in [0.2, 0.25) is 0 Å². The second-order valence-electron chi connectivity index (χ2n) is 2.93. The van der Waals surface area contributed by atoms with Gasteiger partial charge in [-0.15, -0.1) is 24.8 Å². The van der Waals surface area contributed by atoms with Gasteiger partial charge in [0.2, 0.25) is 5.82 Å². The number of carbonyl (C=O) groups is 1. The molecular weight excluding hydrogens is 241 g/mol. The highest BCUT2D eigenvalue weighted by Gasteiger charge is 2.17. The van der Waals surface area contributed by atoms with Crippen LogP contribution in [0.25, 0.3) is 0 Å². The number of hydrogen-bond donors (Lipinski definition) is 2. The van der Waals surface area contributed by atoms with Crippen molar-refractivity contribution in [1.29, 1.82) is 0 Å². The molecule has 1 aromatic rings. The molecule has 0 aromatic carbocycles. The number of aromatic nitrogens is 2. The number of fused-ring (bicyclic) bond motifs is 1. The van der Waals surface area contributed by atoms with Crippen molar-refractivity contribution in [1.82, 2.24) is 15.3 Å². The summed E-state index contributed by atoms with van der Waals surface area (Å²) in [5, 5.41) is 3.19. The van der Waals surface area contributed by atoms with Crippen molar-refractivity contribution in [2.75, 3.05) is 13.7 Å². The molecule has 0 bridgehead atoms. The number of H-pyrrole nitrogens is 1. The molecule has 0 atom stereocenters. The van der Waals surface area contributed by atoms with Crippen LogP contribution in [-0.4, -0.2) is 29.6 Å². The van der Waals surface area contributed by atoms with Crippen LogP contribution in [0.15, 0.2) is 0 Å². The Morgan fingerprint density at radius 3 is 2.80 bits per heavy atom. The smallest absolute Gasteiger partial charge is 0.374 e. The molecule has 0 unspecified atom stereocenters. The third kappa shape index (κ3) is 2.84. The van der Waals surface area contributed by atoms with Gasteiger partial charge in [-0.25, -0.2) is 9.78 Å². The maximum absolute atomic E-state index is 11.1. The molecule has 7 heteroatoms. The Bertz CT molecular complexity index is 317. The fourth-order valence-corrected chi connectivity index (χ4v) is 1.41. The fraction of sp³-hybridized carbons (Fsp3) is 0.500. The minimum atomic E-state index is -0.408. The summed E-state index contributed by atoms with van der Waals surface area (Å²) in [5.41, 5.74) is 1.96. The Kier molecular flexibility index (Phi) is 5.64. The van der Waals surface area contributed by atoms with Gasteiger partial charge in [-0.2, -0.15) is 0 Å². The van der Waals surface area contributed by atoms with Crippen molar-refractivity contribution in [2.45, 2.75) is 13.0 Å². The number of nitrogens with zero attached hydrogens (tertiary/aromatic N) is 1. The van der Waals surface area contributed by atoms with E-state index in [1.54, 1.807) is 0 Å². The normalized spacial score (nSPS) is 13.1. The second kappa shape index (κ2) is 5.95. The first-order chi connectivity index (χ1) is 6.31. The zero-order chi connectivity index (χ0) is 9.26. The quantitative estimate of drug-likeness (QED) is 0.723. The van der Waals surface area contributed by atoms with Crippen LogP contribution in [0.4, 0.5) is 0 Å². The Morgan fingerprint density at radius 1 is 1.47 bits per heavy atom. The second-order valence-corrected chi connectivity index (χ2v) is 2.93. The highest BCUT2D eigenvalue weighted by Crippen LogP contribution is 2.10. The van der Waals surface area contributed by atoms with E-state index in [0.29, 0.717) is 5.82 Å². The van der Waals surface area contributed by atoms with Gasteiger partial charge in [0.25, 0.3) is 0 Å². The van der Waals surface area contributed by atoms with Crippen LogP contribution in [0.3, 0.4) is 0 Å². The third-order valence-corrected chi connectivity index (χ3v) is 2.08. The lowest BCUT2D eigenvalue weighted by atomic mass is 10.2. The van der Waals surface area contributed by atoms with E-state index in [4.69, 9.17) is 0 Å². The highest BCUT2D eigenvalue weighted by molar-refractivity contribution is 5.86. The number of rotatable bonds is 1. The fourth-order valence-electron chi connectivity index (χ4n) is 1.41. The summed E-state index contributed by atoms with van der Waals surface area (Å²) >= 11 is 0. The summed E-state index contributed by atoms with van der Waals surface area (Å²) in [6, 6.07) is 0. The summed E-state index contributed by atoms with van der Waals surface area (Å²) in [6.07, 6.45) is 0.864. The first-order valence-corrected chi connectivity index (χ1v) is 4.18. The number of halogens is 2. The maximum atomic E-state index is 11.1. The van der Waals surface area contributed by atoms with E-state index in [1.807, 2.05) is 0 Å². The van der Waals surface area contributed by atoms with Gasteiger partial charge in [-0.3, -0.25) is 0 Å². The van der Waals surface area contributed by atoms with Crippen molar-refractivity contribution >= 4 is 30.8 Å². The summed E-state index contributed by atoms with van der Waals surface area (Å²) in [5.74, 6) is -0.106. The molecule has 0 spiro atoms. The van der Waals surface area contributed by atoms with Gasteiger partial charge in [0.05, 0.1) is 18.5 Å². The average Bonchev–Trinajstić information content (AvgIpc) is 2.59. The summed E-state index contributed by atoms with van der Waals surface area (Å²) < 4.78 is 4.56. The maximum Gasteiger partial charge on any atom is 0.374 e. The number of aromatic amines is 1. The molecular formula is C8H13Cl2N3O2. The lowest BCUT2D eigenvalue weighted by molar-refractivity contribution is 0.0587. The first-order valence-electron chi connectivity index (χ1n) is 4.18. The number of nitrogens with one attached hydrogen (secondary N) is 2. The van der Waals surface area contributed by atoms with Gasteiger partial charge in [-0.05, 0) is 0 Å². The summed E-state index contributed by atoms with van der Waals surface area (Å²) in [7, 11) is 1.35. The van der Waals surface area contributed by atoms with E-state index in [1.165, 1.54) is 7.11 Å². The largest absolute Gasteiger partial charge is 0.463 e. The Labute approximate surface area is 99.8 Å². The molecule has 0 saturated heterocycles. The number of imidazole rings is 1. The van der Waals surface area contributed by atoms with Gasteiger partial charge in [0.1, 0.15) is 0 Å². The molecule has 1 aromatic heterocycles. The zero-order valence-electron chi connectivity index (χ0n) is 8.20. The molecule has 0 amide bonds. The molecule has 2 heterocycles. The van der Waals surface area contributed by atoms with E-state index in [0.717, 1.165) is 30.9 Å².